The lowest BCUT2D eigenvalue weighted by Crippen LogP contribution is -2.42. The zero-order chi connectivity index (χ0) is 28.5. The molecule has 1 aromatic heterocycles. The molecule has 1 aromatic carbocycles. The van der Waals surface area contributed by atoms with Crippen molar-refractivity contribution in [2.75, 3.05) is 13.9 Å². The molecule has 3 atom stereocenters. The average Bonchev–Trinajstić information content (AvgIpc) is 2.90. The first-order valence-electron chi connectivity index (χ1n) is 13.2. The summed E-state index contributed by atoms with van der Waals surface area (Å²) in [5.74, 6) is -1.79. The quantitative estimate of drug-likeness (QED) is 0.316. The zero-order valence-corrected chi connectivity index (χ0v) is 23.1. The minimum atomic E-state index is -1.00. The number of methoxy groups -OCH3 is 1. The highest BCUT2D eigenvalue weighted by molar-refractivity contribution is 5.98. The molecule has 0 aliphatic heterocycles. The summed E-state index contributed by atoms with van der Waals surface area (Å²) in [6.07, 6.45) is 6.25. The van der Waals surface area contributed by atoms with Crippen molar-refractivity contribution in [1.29, 1.82) is 0 Å². The first-order valence-corrected chi connectivity index (χ1v) is 13.2. The molecule has 10 heteroatoms. The Hall–Kier alpha value is -3.69. The number of carbonyl (C=O) groups excluding carboxylic acids is 3. The largest absolute Gasteiger partial charge is 0.493 e. The maximum atomic E-state index is 13.8. The van der Waals surface area contributed by atoms with Gasteiger partial charge in [0.2, 0.25) is 6.79 Å². The molecule has 0 saturated heterocycles. The molecule has 0 bridgehead atoms. The van der Waals surface area contributed by atoms with Crippen LogP contribution in [0.4, 0.5) is 4.39 Å². The van der Waals surface area contributed by atoms with Gasteiger partial charge in [-0.2, -0.15) is 0 Å². The average molecular weight is 545 g/mol. The number of aryl methyl sites for hydroxylation is 1. The second kappa shape index (κ2) is 13.9. The van der Waals surface area contributed by atoms with Crippen molar-refractivity contribution in [3.8, 4) is 11.5 Å². The van der Waals surface area contributed by atoms with Crippen molar-refractivity contribution >= 4 is 17.8 Å². The molecule has 39 heavy (non-hydrogen) atoms. The molecule has 1 saturated carbocycles. The maximum Gasteiger partial charge on any atom is 0.328 e. The van der Waals surface area contributed by atoms with E-state index in [9.17, 15) is 18.8 Å². The lowest BCUT2D eigenvalue weighted by atomic mass is 9.73. The Morgan fingerprint density at radius 2 is 1.85 bits per heavy atom. The number of carbonyl (C=O) groups is 3. The van der Waals surface area contributed by atoms with Crippen LogP contribution in [0.3, 0.4) is 0 Å². The summed E-state index contributed by atoms with van der Waals surface area (Å²) in [4.78, 5) is 41.3. The number of halogens is 1. The number of rotatable bonds is 11. The summed E-state index contributed by atoms with van der Waals surface area (Å²) in [6.45, 7) is 6.01. The summed E-state index contributed by atoms with van der Waals surface area (Å²) in [5.41, 5.74) is 1.65. The fourth-order valence-corrected chi connectivity index (χ4v) is 5.14. The third kappa shape index (κ3) is 7.91. The Bertz CT molecular complexity index is 1170. The van der Waals surface area contributed by atoms with E-state index in [1.807, 2.05) is 13.8 Å². The van der Waals surface area contributed by atoms with E-state index >= 15 is 0 Å². The van der Waals surface area contributed by atoms with Gasteiger partial charge in [-0.05, 0) is 62.8 Å². The highest BCUT2D eigenvalue weighted by Crippen LogP contribution is 2.40. The van der Waals surface area contributed by atoms with Gasteiger partial charge in [-0.3, -0.25) is 9.59 Å². The van der Waals surface area contributed by atoms with Gasteiger partial charge in [0.15, 0.2) is 17.2 Å². The molecule has 212 valence electrons. The van der Waals surface area contributed by atoms with Crippen LogP contribution >= 0.6 is 0 Å². The maximum absolute atomic E-state index is 13.8. The Morgan fingerprint density at radius 1 is 1.13 bits per heavy atom. The molecule has 1 aliphatic rings. The Labute approximate surface area is 228 Å². The highest BCUT2D eigenvalue weighted by Gasteiger charge is 2.34. The lowest BCUT2D eigenvalue weighted by Gasteiger charge is -2.35. The van der Waals surface area contributed by atoms with Gasteiger partial charge in [-0.25, -0.2) is 14.2 Å². The number of pyridine rings is 1. The van der Waals surface area contributed by atoms with Crippen LogP contribution in [-0.4, -0.2) is 48.9 Å². The third-order valence-corrected chi connectivity index (χ3v) is 7.03. The van der Waals surface area contributed by atoms with Crippen molar-refractivity contribution in [3.05, 3.63) is 53.1 Å². The number of benzene rings is 1. The van der Waals surface area contributed by atoms with E-state index in [0.717, 1.165) is 36.8 Å². The van der Waals surface area contributed by atoms with E-state index in [0.29, 0.717) is 5.92 Å². The fourth-order valence-electron chi connectivity index (χ4n) is 5.14. The molecular weight excluding hydrogens is 507 g/mol. The number of hydrogen-bond donors (Lipinski definition) is 1. The van der Waals surface area contributed by atoms with Gasteiger partial charge in [-0.1, -0.05) is 25.3 Å². The number of amides is 1. The molecular formula is C29H37FN2O7. The number of hydrogen-bond acceptors (Lipinski definition) is 8. The van der Waals surface area contributed by atoms with Gasteiger partial charge < -0.3 is 24.3 Å². The summed E-state index contributed by atoms with van der Waals surface area (Å²) in [7, 11) is 1.39. The van der Waals surface area contributed by atoms with Gasteiger partial charge in [0.1, 0.15) is 18.0 Å². The van der Waals surface area contributed by atoms with Crippen molar-refractivity contribution < 1.29 is 37.7 Å². The smallest absolute Gasteiger partial charge is 0.328 e. The normalized spacial score (nSPS) is 15.9. The van der Waals surface area contributed by atoms with E-state index in [-0.39, 0.29) is 28.9 Å². The molecule has 1 aliphatic carbocycles. The first kappa shape index (κ1) is 29.9. The predicted molar refractivity (Wildman–Crippen MR) is 141 cm³/mol. The van der Waals surface area contributed by atoms with Crippen LogP contribution in [-0.2, 0) is 19.1 Å². The Balaban J connectivity index is 1.73. The van der Waals surface area contributed by atoms with Gasteiger partial charge in [-0.15, -0.1) is 0 Å². The van der Waals surface area contributed by atoms with Crippen LogP contribution in [0, 0.1) is 18.7 Å². The molecule has 0 unspecified atom stereocenters. The van der Waals surface area contributed by atoms with Gasteiger partial charge in [0, 0.05) is 25.1 Å². The summed E-state index contributed by atoms with van der Waals surface area (Å²) < 4.78 is 35.2. The van der Waals surface area contributed by atoms with Crippen LogP contribution in [0.1, 0.15) is 80.4 Å². The molecule has 3 rings (SSSR count). The summed E-state index contributed by atoms with van der Waals surface area (Å²) in [6, 6.07) is 5.21. The number of nitrogens with one attached hydrogen (secondary N) is 1. The monoisotopic (exact) mass is 544 g/mol. The molecule has 1 heterocycles. The lowest BCUT2D eigenvalue weighted by molar-refractivity contribution is -0.152. The number of esters is 2. The van der Waals surface area contributed by atoms with E-state index in [4.69, 9.17) is 18.9 Å². The van der Waals surface area contributed by atoms with Crippen LogP contribution < -0.4 is 14.8 Å². The van der Waals surface area contributed by atoms with Gasteiger partial charge >= 0.3 is 11.9 Å². The highest BCUT2D eigenvalue weighted by atomic mass is 19.1. The SMILES string of the molecule is COc1ccnc(C(=O)N[C@@H](C)C(=O)O[C@H](C)[C@H](c2ccc(F)cc2C)C2CCCCC2)c1OCOC(C)=O. The van der Waals surface area contributed by atoms with Crippen molar-refractivity contribution in [1.82, 2.24) is 10.3 Å². The number of aromatic nitrogens is 1. The van der Waals surface area contributed by atoms with Crippen LogP contribution in [0.25, 0.3) is 0 Å². The summed E-state index contributed by atoms with van der Waals surface area (Å²) in [5, 5.41) is 2.60. The van der Waals surface area contributed by atoms with E-state index in [2.05, 4.69) is 10.3 Å². The topological polar surface area (TPSA) is 113 Å². The van der Waals surface area contributed by atoms with E-state index in [1.54, 1.807) is 6.07 Å². The van der Waals surface area contributed by atoms with Gasteiger partial charge in [0.05, 0.1) is 7.11 Å². The first-order chi connectivity index (χ1) is 18.6. The van der Waals surface area contributed by atoms with Crippen molar-refractivity contribution in [2.24, 2.45) is 5.92 Å². The third-order valence-electron chi connectivity index (χ3n) is 7.03. The van der Waals surface area contributed by atoms with Crippen LogP contribution in [0.2, 0.25) is 0 Å². The van der Waals surface area contributed by atoms with Crippen LogP contribution in [0.5, 0.6) is 11.5 Å². The number of nitrogens with zero attached hydrogens (tertiary/aromatic N) is 1. The molecule has 1 fully saturated rings. The molecule has 9 nitrogen and oxygen atoms in total. The van der Waals surface area contributed by atoms with Gasteiger partial charge in [0.25, 0.3) is 5.91 Å². The van der Waals surface area contributed by atoms with Crippen molar-refractivity contribution in [2.45, 2.75) is 77.9 Å². The van der Waals surface area contributed by atoms with Crippen molar-refractivity contribution in [3.63, 3.8) is 0 Å². The Morgan fingerprint density at radius 3 is 2.49 bits per heavy atom. The standard InChI is InChI=1S/C29H37FN2O7/c1-17-15-22(30)11-12-23(17)25(21-9-7-6-8-10-21)19(3)39-29(35)18(2)32-28(34)26-27(38-16-37-20(4)33)24(36-5)13-14-31-26/h11-15,18-19,21,25H,6-10,16H2,1-5H3,(H,32,34)/t18-,19+,25-/m0/s1. The molecule has 0 radical (unpaired) electrons. The number of ether oxygens (including phenoxy) is 4. The molecule has 1 N–H and O–H groups in total. The minimum Gasteiger partial charge on any atom is -0.493 e. The molecule has 1 amide bonds. The summed E-state index contributed by atoms with van der Waals surface area (Å²) >= 11 is 0. The van der Waals surface area contributed by atoms with Crippen LogP contribution in [0.15, 0.2) is 30.5 Å². The fraction of sp³-hybridized carbons (Fsp3) is 0.517. The molecule has 2 aromatic rings. The second-order valence-corrected chi connectivity index (χ2v) is 9.85. The van der Waals surface area contributed by atoms with E-state index in [1.165, 1.54) is 51.8 Å². The van der Waals surface area contributed by atoms with E-state index < -0.39 is 36.8 Å². The Kier molecular flexibility index (Phi) is 10.7. The zero-order valence-electron chi connectivity index (χ0n) is 23.1. The molecule has 0 spiro atoms. The second-order valence-electron chi connectivity index (χ2n) is 9.85. The minimum absolute atomic E-state index is 0.0307. The predicted octanol–water partition coefficient (Wildman–Crippen LogP) is 4.85.